The summed E-state index contributed by atoms with van der Waals surface area (Å²) in [5.74, 6) is -0.164. The van der Waals surface area contributed by atoms with E-state index in [9.17, 15) is 4.79 Å². The smallest absolute Gasteiger partial charge is 0.329 e. The normalized spacial score (nSPS) is 19.0. The zero-order valence-corrected chi connectivity index (χ0v) is 19.2. The summed E-state index contributed by atoms with van der Waals surface area (Å²) >= 11 is 6.30. The molecule has 5 nitrogen and oxygen atoms in total. The van der Waals surface area contributed by atoms with Crippen molar-refractivity contribution < 1.29 is 9.53 Å². The molecular weight excluding hydrogens is 425 g/mol. The first-order valence-corrected chi connectivity index (χ1v) is 14.0. The number of ether oxygens (including phenoxy) is 1. The molecule has 2 aliphatic heterocycles. The van der Waals surface area contributed by atoms with E-state index in [0.717, 1.165) is 29.6 Å². The van der Waals surface area contributed by atoms with Crippen molar-refractivity contribution in [3.8, 4) is 0 Å². The topological polar surface area (TPSA) is 53.6 Å². The van der Waals surface area contributed by atoms with E-state index in [1.54, 1.807) is 0 Å². The molecule has 3 aromatic rings. The molecule has 1 atom stereocenters. The van der Waals surface area contributed by atoms with Crippen LogP contribution in [-0.2, 0) is 27.8 Å². The van der Waals surface area contributed by atoms with Gasteiger partial charge in [0.2, 0.25) is 0 Å². The van der Waals surface area contributed by atoms with Crippen molar-refractivity contribution >= 4 is 51.6 Å². The predicted octanol–water partition coefficient (Wildman–Crippen LogP) is 5.02. The summed E-state index contributed by atoms with van der Waals surface area (Å²) < 4.78 is 5.41. The van der Waals surface area contributed by atoms with Gasteiger partial charge in [-0.3, -0.25) is 0 Å². The second-order valence-corrected chi connectivity index (χ2v) is 13.5. The zero-order chi connectivity index (χ0) is 21.4. The lowest BCUT2D eigenvalue weighted by molar-refractivity contribution is -0.144. The average Bonchev–Trinajstić information content (AvgIpc) is 3.14. The number of anilines is 3. The first kappa shape index (κ1) is 20.3. The summed E-state index contributed by atoms with van der Waals surface area (Å²) in [4.78, 5) is 15.0. The maximum Gasteiger partial charge on any atom is 0.329 e. The highest BCUT2D eigenvalue weighted by Gasteiger charge is 2.38. The highest BCUT2D eigenvalue weighted by molar-refractivity contribution is 8.14. The molecule has 2 aliphatic rings. The molecule has 2 N–H and O–H groups in total. The van der Waals surface area contributed by atoms with Gasteiger partial charge in [0.05, 0.1) is 12.9 Å². The Morgan fingerprint density at radius 2 is 1.74 bits per heavy atom. The summed E-state index contributed by atoms with van der Waals surface area (Å²) in [5, 5.41) is 9.72. The van der Waals surface area contributed by atoms with Crippen molar-refractivity contribution in [1.82, 2.24) is 0 Å². The number of carbonyl (C=O) groups is 1. The molecule has 0 fully saturated rings. The molecule has 2 heterocycles. The van der Waals surface area contributed by atoms with Crippen molar-refractivity contribution in [3.63, 3.8) is 0 Å². The fourth-order valence-electron chi connectivity index (χ4n) is 4.60. The molecule has 7 heteroatoms. The van der Waals surface area contributed by atoms with Crippen LogP contribution in [-0.4, -0.2) is 37.5 Å². The lowest BCUT2D eigenvalue weighted by Crippen LogP contribution is -2.41. The monoisotopic (exact) mass is 451 g/mol. The summed E-state index contributed by atoms with van der Waals surface area (Å²) in [6.45, 7) is 2.24. The molecule has 0 radical (unpaired) electrons. The van der Waals surface area contributed by atoms with Gasteiger partial charge in [-0.15, -0.1) is 0 Å². The Balaban J connectivity index is 1.46. The minimum atomic E-state index is -1.92. The molecule has 0 saturated heterocycles. The summed E-state index contributed by atoms with van der Waals surface area (Å²) in [6, 6.07) is 18.7. The predicted molar refractivity (Wildman–Crippen MR) is 133 cm³/mol. The molecule has 0 aliphatic carbocycles. The van der Waals surface area contributed by atoms with Crippen LogP contribution in [0.25, 0.3) is 10.8 Å². The summed E-state index contributed by atoms with van der Waals surface area (Å²) in [7, 11) is 0. The van der Waals surface area contributed by atoms with Crippen molar-refractivity contribution in [3.05, 3.63) is 66.2 Å². The van der Waals surface area contributed by atoms with Gasteiger partial charge in [-0.1, -0.05) is 54.3 Å². The van der Waals surface area contributed by atoms with Crippen molar-refractivity contribution in [2.45, 2.75) is 19.4 Å². The number of para-hydroxylation sites is 1. The van der Waals surface area contributed by atoms with Gasteiger partial charge < -0.3 is 20.3 Å². The van der Waals surface area contributed by atoms with Crippen LogP contribution in [0.5, 0.6) is 0 Å². The second kappa shape index (κ2) is 8.18. The number of rotatable bonds is 4. The third kappa shape index (κ3) is 3.79. The Labute approximate surface area is 187 Å². The first-order chi connectivity index (χ1) is 15.1. The first-order valence-electron chi connectivity index (χ1n) is 10.7. The van der Waals surface area contributed by atoms with Crippen LogP contribution in [0.3, 0.4) is 0 Å². The largest absolute Gasteiger partial charge is 0.464 e. The van der Waals surface area contributed by atoms with Crippen molar-refractivity contribution in [1.29, 1.82) is 0 Å². The number of esters is 1. The molecule has 0 amide bonds. The Morgan fingerprint density at radius 1 is 1.06 bits per heavy atom. The third-order valence-electron chi connectivity index (χ3n) is 6.08. The van der Waals surface area contributed by atoms with Gasteiger partial charge in [0, 0.05) is 47.5 Å². The van der Waals surface area contributed by atoms with Crippen LogP contribution in [0.4, 0.5) is 17.1 Å². The molecule has 1 unspecified atom stereocenters. The van der Waals surface area contributed by atoms with Crippen LogP contribution in [0, 0.1) is 0 Å². The van der Waals surface area contributed by atoms with Gasteiger partial charge in [-0.05, 0) is 36.1 Å². The molecule has 0 bridgehead atoms. The molecular formula is C24H26N3O2PS. The van der Waals surface area contributed by atoms with Crippen LogP contribution < -0.4 is 15.5 Å². The Bertz CT molecular complexity index is 1150. The fourth-order valence-corrected chi connectivity index (χ4v) is 7.50. The van der Waals surface area contributed by atoms with E-state index >= 15 is 0 Å². The summed E-state index contributed by atoms with van der Waals surface area (Å²) in [5.41, 5.74) is 4.51. The molecule has 31 heavy (non-hydrogen) atoms. The van der Waals surface area contributed by atoms with Gasteiger partial charge in [-0.25, -0.2) is 4.79 Å². The number of benzene rings is 3. The Kier molecular flexibility index (Phi) is 5.37. The lowest BCUT2D eigenvalue weighted by Gasteiger charge is -2.34. The highest BCUT2D eigenvalue weighted by Crippen LogP contribution is 2.51. The molecule has 5 rings (SSSR count). The number of fused-ring (bicyclic) bond motifs is 1. The molecule has 0 aromatic heterocycles. The third-order valence-corrected chi connectivity index (χ3v) is 9.49. The Morgan fingerprint density at radius 3 is 2.42 bits per heavy atom. The maximum absolute atomic E-state index is 12.8. The van der Waals surface area contributed by atoms with Crippen LogP contribution in [0.1, 0.15) is 12.5 Å². The van der Waals surface area contributed by atoms with Gasteiger partial charge >= 0.3 is 5.97 Å². The maximum atomic E-state index is 12.8. The summed E-state index contributed by atoms with van der Waals surface area (Å²) in [6.07, 6.45) is 2.82. The second-order valence-electron chi connectivity index (χ2n) is 8.15. The number of nitrogens with zero attached hydrogens (tertiary/aromatic N) is 1. The van der Waals surface area contributed by atoms with Gasteiger partial charge in [0.15, 0.2) is 0 Å². The average molecular weight is 452 g/mol. The standard InChI is InChI=1S/C24H26N3O2PS/c1-2-29-24(28)22-13-18-7-3-4-12-21(18)27(22)16-30(31)14-25-19-10-5-8-17-9-6-11-20(23(17)19)26-15-30/h3-12,22,25-26H,2,13-16H2,1H3. The van der Waals surface area contributed by atoms with Crippen molar-refractivity contribution in [2.75, 3.05) is 41.0 Å². The number of nitrogens with one attached hydrogen (secondary N) is 2. The highest BCUT2D eigenvalue weighted by atomic mass is 32.4. The van der Waals surface area contributed by atoms with E-state index in [0.29, 0.717) is 19.3 Å². The zero-order valence-electron chi connectivity index (χ0n) is 17.5. The number of hydrogen-bond acceptors (Lipinski definition) is 6. The van der Waals surface area contributed by atoms with E-state index in [4.69, 9.17) is 16.5 Å². The van der Waals surface area contributed by atoms with Crippen LogP contribution in [0.15, 0.2) is 60.7 Å². The van der Waals surface area contributed by atoms with E-state index in [1.807, 2.05) is 19.1 Å². The molecule has 0 saturated carbocycles. The molecule has 160 valence electrons. The molecule has 0 spiro atoms. The van der Waals surface area contributed by atoms with Crippen molar-refractivity contribution in [2.24, 2.45) is 0 Å². The lowest BCUT2D eigenvalue weighted by atomic mass is 10.1. The quantitative estimate of drug-likeness (QED) is 0.429. The molecule has 3 aromatic carbocycles. The minimum Gasteiger partial charge on any atom is -0.464 e. The SMILES string of the molecule is CCOC(=O)C1Cc2ccccc2N1CP1(=S)CNc2cccc3cccc(c23)NC1. The minimum absolute atomic E-state index is 0.164. The van der Waals surface area contributed by atoms with E-state index in [-0.39, 0.29) is 12.0 Å². The van der Waals surface area contributed by atoms with Gasteiger partial charge in [0.1, 0.15) is 6.04 Å². The van der Waals surface area contributed by atoms with Gasteiger partial charge in [0.25, 0.3) is 0 Å². The fraction of sp³-hybridized carbons (Fsp3) is 0.292. The van der Waals surface area contributed by atoms with E-state index < -0.39 is 6.04 Å². The number of carbonyl (C=O) groups excluding carboxylic acids is 1. The Hall–Kier alpha value is -2.56. The van der Waals surface area contributed by atoms with Crippen LogP contribution in [0.2, 0.25) is 0 Å². The van der Waals surface area contributed by atoms with Crippen LogP contribution >= 0.6 is 6.04 Å². The van der Waals surface area contributed by atoms with E-state index in [2.05, 4.69) is 64.1 Å². The van der Waals surface area contributed by atoms with E-state index in [1.165, 1.54) is 16.3 Å². The number of hydrogen-bond donors (Lipinski definition) is 2. The van der Waals surface area contributed by atoms with Gasteiger partial charge in [-0.2, -0.15) is 0 Å².